The van der Waals surface area contributed by atoms with Gasteiger partial charge in [-0.2, -0.15) is 4.98 Å². The lowest BCUT2D eigenvalue weighted by Gasteiger charge is -2.25. The van der Waals surface area contributed by atoms with Crippen molar-refractivity contribution in [2.75, 3.05) is 14.2 Å². The molecule has 0 aliphatic rings. The van der Waals surface area contributed by atoms with E-state index in [-0.39, 0.29) is 18.5 Å². The molecule has 1 heterocycles. The van der Waals surface area contributed by atoms with Crippen LogP contribution in [0, 0.1) is 0 Å². The first kappa shape index (κ1) is 20.7. The van der Waals surface area contributed by atoms with Crippen molar-refractivity contribution in [1.82, 2.24) is 15.0 Å². The predicted octanol–water partition coefficient (Wildman–Crippen LogP) is 4.46. The largest absolute Gasteiger partial charge is 0.493 e. The van der Waals surface area contributed by atoms with Crippen LogP contribution in [0.25, 0.3) is 11.4 Å². The third-order valence-electron chi connectivity index (χ3n) is 4.39. The van der Waals surface area contributed by atoms with Crippen molar-refractivity contribution in [1.29, 1.82) is 0 Å². The van der Waals surface area contributed by atoms with E-state index in [0.717, 1.165) is 5.56 Å². The zero-order valence-electron chi connectivity index (χ0n) is 16.7. The molecule has 0 saturated carbocycles. The lowest BCUT2D eigenvalue weighted by Crippen LogP contribution is -2.36. The molecule has 0 radical (unpaired) electrons. The van der Waals surface area contributed by atoms with E-state index >= 15 is 0 Å². The Labute approximate surface area is 174 Å². The molecule has 0 bridgehead atoms. The highest BCUT2D eigenvalue weighted by Crippen LogP contribution is 2.31. The third kappa shape index (κ3) is 4.68. The van der Waals surface area contributed by atoms with Crippen LogP contribution in [0.4, 0.5) is 0 Å². The van der Waals surface area contributed by atoms with Gasteiger partial charge in [0, 0.05) is 22.2 Å². The predicted molar refractivity (Wildman–Crippen MR) is 109 cm³/mol. The van der Waals surface area contributed by atoms with Crippen molar-refractivity contribution in [3.05, 3.63) is 58.9 Å². The molecule has 1 aromatic heterocycles. The topological polar surface area (TPSA) is 77.7 Å². The summed E-state index contributed by atoms with van der Waals surface area (Å²) in [4.78, 5) is 19.0. The van der Waals surface area contributed by atoms with Crippen LogP contribution >= 0.6 is 11.6 Å². The molecule has 2 aromatic carbocycles. The van der Waals surface area contributed by atoms with E-state index < -0.39 is 0 Å². The molecule has 0 aliphatic carbocycles. The van der Waals surface area contributed by atoms with E-state index in [1.807, 2.05) is 19.9 Å². The van der Waals surface area contributed by atoms with Gasteiger partial charge in [0.25, 0.3) is 5.91 Å². The fourth-order valence-electron chi connectivity index (χ4n) is 2.80. The van der Waals surface area contributed by atoms with Gasteiger partial charge in [-0.15, -0.1) is 0 Å². The van der Waals surface area contributed by atoms with E-state index in [1.54, 1.807) is 55.5 Å². The number of carbonyl (C=O) groups excluding carboxylic acids is 1. The van der Waals surface area contributed by atoms with E-state index in [0.29, 0.717) is 33.8 Å². The SMILES string of the molecule is COc1ccc(-c2noc(CN(C(=O)c3ccc(Cl)cc3)C(C)C)n2)cc1OC. The van der Waals surface area contributed by atoms with Gasteiger partial charge in [-0.05, 0) is 56.3 Å². The molecule has 0 spiro atoms. The normalized spacial score (nSPS) is 10.8. The Morgan fingerprint density at radius 3 is 2.41 bits per heavy atom. The number of hydrogen-bond donors (Lipinski definition) is 0. The monoisotopic (exact) mass is 415 g/mol. The first-order valence-electron chi connectivity index (χ1n) is 9.04. The van der Waals surface area contributed by atoms with Gasteiger partial charge < -0.3 is 18.9 Å². The van der Waals surface area contributed by atoms with Crippen molar-refractivity contribution in [3.8, 4) is 22.9 Å². The fourth-order valence-corrected chi connectivity index (χ4v) is 2.93. The summed E-state index contributed by atoms with van der Waals surface area (Å²) in [7, 11) is 3.13. The Morgan fingerprint density at radius 2 is 1.79 bits per heavy atom. The number of ether oxygens (including phenoxy) is 2. The number of hydrogen-bond acceptors (Lipinski definition) is 6. The highest BCUT2D eigenvalue weighted by molar-refractivity contribution is 6.30. The van der Waals surface area contributed by atoms with E-state index in [9.17, 15) is 4.79 Å². The number of aromatic nitrogens is 2. The zero-order chi connectivity index (χ0) is 21.0. The van der Waals surface area contributed by atoms with Gasteiger partial charge in [-0.3, -0.25) is 4.79 Å². The molecule has 29 heavy (non-hydrogen) atoms. The fraction of sp³-hybridized carbons (Fsp3) is 0.286. The molecule has 0 saturated heterocycles. The molecule has 0 atom stereocenters. The Kier molecular flexibility index (Phi) is 6.39. The first-order chi connectivity index (χ1) is 13.9. The highest BCUT2D eigenvalue weighted by Gasteiger charge is 2.22. The average molecular weight is 416 g/mol. The van der Waals surface area contributed by atoms with Crippen LogP contribution in [-0.2, 0) is 6.54 Å². The summed E-state index contributed by atoms with van der Waals surface area (Å²) < 4.78 is 15.9. The summed E-state index contributed by atoms with van der Waals surface area (Å²) >= 11 is 5.91. The molecule has 0 aliphatic heterocycles. The lowest BCUT2D eigenvalue weighted by atomic mass is 10.1. The Balaban J connectivity index is 1.81. The van der Waals surface area contributed by atoms with Gasteiger partial charge in [-0.25, -0.2) is 0 Å². The minimum atomic E-state index is -0.137. The maximum absolute atomic E-state index is 12.9. The summed E-state index contributed by atoms with van der Waals surface area (Å²) in [5.41, 5.74) is 1.26. The van der Waals surface area contributed by atoms with Crippen LogP contribution in [0.5, 0.6) is 11.5 Å². The van der Waals surface area contributed by atoms with Crippen LogP contribution in [0.3, 0.4) is 0 Å². The van der Waals surface area contributed by atoms with Crippen molar-refractivity contribution in [2.24, 2.45) is 0 Å². The van der Waals surface area contributed by atoms with E-state index in [4.69, 9.17) is 25.6 Å². The van der Waals surface area contributed by atoms with Crippen LogP contribution in [0.2, 0.25) is 5.02 Å². The summed E-state index contributed by atoms with van der Waals surface area (Å²) in [5.74, 6) is 1.79. The number of halogens is 1. The summed E-state index contributed by atoms with van der Waals surface area (Å²) in [5, 5.41) is 4.61. The minimum absolute atomic E-state index is 0.0605. The number of nitrogens with zero attached hydrogens (tertiary/aromatic N) is 3. The summed E-state index contributed by atoms with van der Waals surface area (Å²) in [6.45, 7) is 4.05. The molecule has 1 amide bonds. The number of benzene rings is 2. The van der Waals surface area contributed by atoms with Gasteiger partial charge in [0.05, 0.1) is 14.2 Å². The Bertz CT molecular complexity index is 986. The quantitative estimate of drug-likeness (QED) is 0.567. The molecule has 0 N–H and O–H groups in total. The molecule has 3 rings (SSSR count). The zero-order valence-corrected chi connectivity index (χ0v) is 17.4. The molecule has 0 unspecified atom stereocenters. The second kappa shape index (κ2) is 8.96. The van der Waals surface area contributed by atoms with Crippen LogP contribution in [0.1, 0.15) is 30.1 Å². The number of rotatable bonds is 7. The lowest BCUT2D eigenvalue weighted by molar-refractivity contribution is 0.0667. The van der Waals surface area contributed by atoms with Crippen LogP contribution in [-0.4, -0.2) is 41.2 Å². The maximum Gasteiger partial charge on any atom is 0.254 e. The second-order valence-corrected chi connectivity index (χ2v) is 7.05. The number of carbonyl (C=O) groups is 1. The van der Waals surface area contributed by atoms with Crippen LogP contribution < -0.4 is 9.47 Å². The van der Waals surface area contributed by atoms with E-state index in [2.05, 4.69) is 10.1 Å². The minimum Gasteiger partial charge on any atom is -0.493 e. The molecular formula is C21H22ClN3O4. The van der Waals surface area contributed by atoms with Gasteiger partial charge in [-0.1, -0.05) is 16.8 Å². The number of amides is 1. The van der Waals surface area contributed by atoms with Crippen molar-refractivity contribution >= 4 is 17.5 Å². The summed E-state index contributed by atoms with van der Waals surface area (Å²) in [6.07, 6.45) is 0. The number of methoxy groups -OCH3 is 2. The third-order valence-corrected chi connectivity index (χ3v) is 4.64. The Morgan fingerprint density at radius 1 is 1.10 bits per heavy atom. The van der Waals surface area contributed by atoms with Gasteiger partial charge in [0.1, 0.15) is 6.54 Å². The molecular weight excluding hydrogens is 394 g/mol. The van der Waals surface area contributed by atoms with E-state index in [1.165, 1.54) is 0 Å². The van der Waals surface area contributed by atoms with Crippen LogP contribution in [0.15, 0.2) is 47.0 Å². The molecule has 152 valence electrons. The Hall–Kier alpha value is -3.06. The molecule has 0 fully saturated rings. The van der Waals surface area contributed by atoms with Crippen molar-refractivity contribution in [2.45, 2.75) is 26.4 Å². The van der Waals surface area contributed by atoms with Gasteiger partial charge in [0.15, 0.2) is 11.5 Å². The maximum atomic E-state index is 12.9. The first-order valence-corrected chi connectivity index (χ1v) is 9.42. The smallest absolute Gasteiger partial charge is 0.254 e. The van der Waals surface area contributed by atoms with Gasteiger partial charge >= 0.3 is 0 Å². The van der Waals surface area contributed by atoms with Crippen molar-refractivity contribution in [3.63, 3.8) is 0 Å². The van der Waals surface area contributed by atoms with Crippen molar-refractivity contribution < 1.29 is 18.8 Å². The molecule has 3 aromatic rings. The molecule has 8 heteroatoms. The molecule has 7 nitrogen and oxygen atoms in total. The van der Waals surface area contributed by atoms with Gasteiger partial charge in [0.2, 0.25) is 11.7 Å². The summed E-state index contributed by atoms with van der Waals surface area (Å²) in [6, 6.07) is 12.1. The highest BCUT2D eigenvalue weighted by atomic mass is 35.5. The second-order valence-electron chi connectivity index (χ2n) is 6.62. The standard InChI is InChI=1S/C21H22ClN3O4/c1-13(2)25(21(26)14-5-8-16(22)9-6-14)12-19-23-20(24-29-19)15-7-10-17(27-3)18(11-15)28-4/h5-11,13H,12H2,1-4H3. The average Bonchev–Trinajstić information content (AvgIpc) is 3.20.